The van der Waals surface area contributed by atoms with Gasteiger partial charge in [0.25, 0.3) is 0 Å². The van der Waals surface area contributed by atoms with Gasteiger partial charge in [0, 0.05) is 18.1 Å². The average Bonchev–Trinajstić information content (AvgIpc) is 2.62. The lowest BCUT2D eigenvalue weighted by atomic mass is 9.90. The zero-order valence-corrected chi connectivity index (χ0v) is 12.1. The monoisotopic (exact) mass is 252 g/mol. The molecule has 19 heavy (non-hydrogen) atoms. The summed E-state index contributed by atoms with van der Waals surface area (Å²) in [6, 6.07) is 12.8. The molecule has 0 saturated heterocycles. The highest BCUT2D eigenvalue weighted by Crippen LogP contribution is 2.28. The number of pyridine rings is 1. The van der Waals surface area contributed by atoms with Gasteiger partial charge in [-0.25, -0.2) is 0 Å². The zero-order valence-electron chi connectivity index (χ0n) is 12.1. The van der Waals surface area contributed by atoms with Crippen molar-refractivity contribution in [3.8, 4) is 0 Å². The summed E-state index contributed by atoms with van der Waals surface area (Å²) in [5.41, 5.74) is 5.03. The summed E-state index contributed by atoms with van der Waals surface area (Å²) in [7, 11) is 2.11. The quantitative estimate of drug-likeness (QED) is 0.631. The molecule has 2 heterocycles. The summed E-state index contributed by atoms with van der Waals surface area (Å²) in [5.74, 6) is 0. The molecular weight excluding hydrogens is 232 g/mol. The summed E-state index contributed by atoms with van der Waals surface area (Å²) in [4.78, 5) is 4.89. The Morgan fingerprint density at radius 1 is 1.00 bits per heavy atom. The van der Waals surface area contributed by atoms with E-state index in [2.05, 4.69) is 68.8 Å². The summed E-state index contributed by atoms with van der Waals surface area (Å²) in [5, 5.41) is 1.25. The number of hydrogen-bond acceptors (Lipinski definition) is 1. The minimum Gasteiger partial charge on any atom is -0.342 e. The zero-order chi connectivity index (χ0) is 13.6. The van der Waals surface area contributed by atoms with Crippen LogP contribution in [-0.2, 0) is 13.5 Å². The largest absolute Gasteiger partial charge is 0.342 e. The second-order valence-electron chi connectivity index (χ2n) is 6.48. The summed E-state index contributed by atoms with van der Waals surface area (Å²) in [6.07, 6.45) is 1.01. The molecule has 2 heteroatoms. The molecular formula is C17H20N2. The Morgan fingerprint density at radius 2 is 1.74 bits per heavy atom. The van der Waals surface area contributed by atoms with Crippen LogP contribution >= 0.6 is 0 Å². The summed E-state index contributed by atoms with van der Waals surface area (Å²) in [6.45, 7) is 6.76. The van der Waals surface area contributed by atoms with Gasteiger partial charge < -0.3 is 4.57 Å². The number of nitrogens with zero attached hydrogens (tertiary/aromatic N) is 2. The Morgan fingerprint density at radius 3 is 2.47 bits per heavy atom. The van der Waals surface area contributed by atoms with Gasteiger partial charge in [0.05, 0.1) is 16.6 Å². The van der Waals surface area contributed by atoms with Crippen LogP contribution in [-0.4, -0.2) is 9.55 Å². The molecule has 0 bridgehead atoms. The lowest BCUT2D eigenvalue weighted by Crippen LogP contribution is -2.10. The molecule has 3 rings (SSSR count). The Hall–Kier alpha value is -1.83. The third-order valence-electron chi connectivity index (χ3n) is 3.52. The molecule has 0 unspecified atom stereocenters. The Bertz CT molecular complexity index is 745. The van der Waals surface area contributed by atoms with E-state index < -0.39 is 0 Å². The highest BCUT2D eigenvalue weighted by Gasteiger charge is 2.14. The third kappa shape index (κ3) is 2.12. The smallest absolute Gasteiger partial charge is 0.0962 e. The van der Waals surface area contributed by atoms with Crippen LogP contribution in [0.5, 0.6) is 0 Å². The first-order chi connectivity index (χ1) is 8.96. The standard InChI is InChI=1S/C17H20N2/c1-17(2,3)11-12-9-10-15-16(18-12)13-7-5-6-8-14(13)19(15)4/h5-10H,11H2,1-4H3. The Balaban J connectivity index is 2.25. The van der Waals surface area contributed by atoms with Crippen LogP contribution in [0.4, 0.5) is 0 Å². The molecule has 0 N–H and O–H groups in total. The minimum absolute atomic E-state index is 0.269. The van der Waals surface area contributed by atoms with Crippen LogP contribution in [0.1, 0.15) is 26.5 Å². The molecule has 1 aromatic carbocycles. The first-order valence-corrected chi connectivity index (χ1v) is 6.79. The van der Waals surface area contributed by atoms with E-state index in [0.717, 1.165) is 11.9 Å². The molecule has 0 saturated carbocycles. The van der Waals surface area contributed by atoms with Crippen molar-refractivity contribution in [2.75, 3.05) is 0 Å². The number of para-hydroxylation sites is 1. The number of rotatable bonds is 1. The van der Waals surface area contributed by atoms with Crippen molar-refractivity contribution >= 4 is 21.9 Å². The van der Waals surface area contributed by atoms with E-state index in [-0.39, 0.29) is 5.41 Å². The van der Waals surface area contributed by atoms with Gasteiger partial charge in [-0.3, -0.25) is 4.98 Å². The van der Waals surface area contributed by atoms with Crippen molar-refractivity contribution in [1.82, 2.24) is 9.55 Å². The average molecular weight is 252 g/mol. The predicted octanol–water partition coefficient (Wildman–Crippen LogP) is 4.32. The van der Waals surface area contributed by atoms with Gasteiger partial charge in [0.2, 0.25) is 0 Å². The van der Waals surface area contributed by atoms with Gasteiger partial charge in [-0.2, -0.15) is 0 Å². The van der Waals surface area contributed by atoms with Crippen molar-refractivity contribution in [3.05, 3.63) is 42.1 Å². The van der Waals surface area contributed by atoms with Crippen molar-refractivity contribution in [2.45, 2.75) is 27.2 Å². The number of aryl methyl sites for hydroxylation is 1. The summed E-state index contributed by atoms with van der Waals surface area (Å²) < 4.78 is 2.22. The maximum Gasteiger partial charge on any atom is 0.0962 e. The van der Waals surface area contributed by atoms with Gasteiger partial charge in [-0.05, 0) is 30.0 Å². The molecule has 0 aliphatic heterocycles. The van der Waals surface area contributed by atoms with Crippen LogP contribution in [0.2, 0.25) is 0 Å². The molecule has 98 valence electrons. The van der Waals surface area contributed by atoms with Crippen LogP contribution in [0.3, 0.4) is 0 Å². The lowest BCUT2D eigenvalue weighted by Gasteiger charge is -2.17. The fraction of sp³-hybridized carbons (Fsp3) is 0.353. The van der Waals surface area contributed by atoms with E-state index in [9.17, 15) is 0 Å². The van der Waals surface area contributed by atoms with E-state index in [4.69, 9.17) is 4.98 Å². The molecule has 0 aliphatic rings. The topological polar surface area (TPSA) is 17.8 Å². The number of hydrogen-bond donors (Lipinski definition) is 0. The normalized spacial score (nSPS) is 12.4. The van der Waals surface area contributed by atoms with E-state index in [1.54, 1.807) is 0 Å². The molecule has 0 amide bonds. The second-order valence-corrected chi connectivity index (χ2v) is 6.48. The van der Waals surface area contributed by atoms with Crippen molar-refractivity contribution in [1.29, 1.82) is 0 Å². The first-order valence-electron chi connectivity index (χ1n) is 6.79. The van der Waals surface area contributed by atoms with E-state index in [1.807, 2.05) is 0 Å². The molecule has 0 aliphatic carbocycles. The first kappa shape index (κ1) is 12.2. The van der Waals surface area contributed by atoms with Crippen molar-refractivity contribution in [3.63, 3.8) is 0 Å². The molecule has 0 fully saturated rings. The molecule has 0 spiro atoms. The maximum atomic E-state index is 4.89. The van der Waals surface area contributed by atoms with E-state index in [1.165, 1.54) is 22.1 Å². The highest BCUT2D eigenvalue weighted by atomic mass is 15.0. The van der Waals surface area contributed by atoms with Crippen LogP contribution in [0.25, 0.3) is 21.9 Å². The molecule has 2 nitrogen and oxygen atoms in total. The van der Waals surface area contributed by atoms with Gasteiger partial charge in [-0.1, -0.05) is 39.0 Å². The van der Waals surface area contributed by atoms with Crippen molar-refractivity contribution in [2.24, 2.45) is 12.5 Å². The number of benzene rings is 1. The Labute approximate surface area is 114 Å². The van der Waals surface area contributed by atoms with Gasteiger partial charge in [-0.15, -0.1) is 0 Å². The Kier molecular flexibility index (Phi) is 2.63. The maximum absolute atomic E-state index is 4.89. The number of aromatic nitrogens is 2. The fourth-order valence-electron chi connectivity index (χ4n) is 2.70. The highest BCUT2D eigenvalue weighted by molar-refractivity contribution is 6.05. The van der Waals surface area contributed by atoms with Crippen LogP contribution in [0, 0.1) is 5.41 Å². The summed E-state index contributed by atoms with van der Waals surface area (Å²) >= 11 is 0. The van der Waals surface area contributed by atoms with Gasteiger partial charge in [0.15, 0.2) is 0 Å². The third-order valence-corrected chi connectivity index (χ3v) is 3.52. The fourth-order valence-corrected chi connectivity index (χ4v) is 2.70. The molecule has 0 atom stereocenters. The molecule has 2 aromatic heterocycles. The van der Waals surface area contributed by atoms with Gasteiger partial charge >= 0.3 is 0 Å². The molecule has 0 radical (unpaired) electrons. The lowest BCUT2D eigenvalue weighted by molar-refractivity contribution is 0.407. The van der Waals surface area contributed by atoms with Crippen LogP contribution in [0.15, 0.2) is 36.4 Å². The number of fused-ring (bicyclic) bond motifs is 3. The predicted molar refractivity (Wildman–Crippen MR) is 81.4 cm³/mol. The van der Waals surface area contributed by atoms with Gasteiger partial charge in [0.1, 0.15) is 0 Å². The SMILES string of the molecule is Cn1c2ccccc2c2nc(CC(C)(C)C)ccc21. The molecule has 3 aromatic rings. The minimum atomic E-state index is 0.269. The van der Waals surface area contributed by atoms with Crippen molar-refractivity contribution < 1.29 is 0 Å². The van der Waals surface area contributed by atoms with E-state index in [0.29, 0.717) is 0 Å². The van der Waals surface area contributed by atoms with Crippen LogP contribution < -0.4 is 0 Å². The second kappa shape index (κ2) is 4.09. The van der Waals surface area contributed by atoms with E-state index >= 15 is 0 Å².